The molecule has 0 saturated heterocycles. The second kappa shape index (κ2) is 6.96. The molecular weight excluding hydrogens is 332 g/mol. The van der Waals surface area contributed by atoms with Gasteiger partial charge in [-0.25, -0.2) is 14.4 Å². The maximum atomic E-state index is 12.4. The van der Waals surface area contributed by atoms with Gasteiger partial charge in [-0.3, -0.25) is 4.79 Å². The van der Waals surface area contributed by atoms with E-state index in [2.05, 4.69) is 4.98 Å². The summed E-state index contributed by atoms with van der Waals surface area (Å²) in [5.41, 5.74) is -3.22. The third-order valence-corrected chi connectivity index (χ3v) is 2.52. The number of ether oxygens (including phenoxy) is 2. The molecule has 0 aromatic carbocycles. The van der Waals surface area contributed by atoms with E-state index in [0.29, 0.717) is 4.90 Å². The van der Waals surface area contributed by atoms with Crippen LogP contribution in [0, 0.1) is 0 Å². The van der Waals surface area contributed by atoms with Gasteiger partial charge in [-0.05, 0) is 41.5 Å². The molecule has 0 atom stereocenters. The summed E-state index contributed by atoms with van der Waals surface area (Å²) in [6.45, 7) is 9.63. The lowest BCUT2D eigenvalue weighted by atomic mass is 10.2. The van der Waals surface area contributed by atoms with Crippen molar-refractivity contribution in [2.45, 2.75) is 52.7 Å². The fraction of sp³-hybridized carbons (Fsp3) is 0.500. The second-order valence-corrected chi connectivity index (χ2v) is 7.20. The second-order valence-electron chi connectivity index (χ2n) is 7.20. The fourth-order valence-electron chi connectivity index (χ4n) is 1.64. The number of aromatic nitrogens is 1. The van der Waals surface area contributed by atoms with E-state index in [-0.39, 0.29) is 5.82 Å². The molecule has 1 heterocycles. The number of carbonyl (C=O) groups excluding carboxylic acids is 2. The molecule has 0 aliphatic carbocycles. The van der Waals surface area contributed by atoms with Gasteiger partial charge in [0.15, 0.2) is 5.43 Å². The number of nitrogens with zero attached hydrogens (tertiary/aromatic N) is 1. The zero-order valence-electron chi connectivity index (χ0n) is 15.0. The van der Waals surface area contributed by atoms with E-state index in [1.54, 1.807) is 41.5 Å². The van der Waals surface area contributed by atoms with Crippen LogP contribution in [0.3, 0.4) is 0 Å². The minimum absolute atomic E-state index is 0.265. The lowest BCUT2D eigenvalue weighted by Gasteiger charge is -2.28. The third kappa shape index (κ3) is 5.94. The molecule has 138 valence electrons. The van der Waals surface area contributed by atoms with Crippen LogP contribution < -0.4 is 10.3 Å². The number of H-pyrrole nitrogens is 1. The average Bonchev–Trinajstić information content (AvgIpc) is 2.33. The van der Waals surface area contributed by atoms with E-state index in [0.717, 1.165) is 12.3 Å². The number of carboxylic acids is 1. The van der Waals surface area contributed by atoms with Gasteiger partial charge in [0, 0.05) is 12.3 Å². The molecule has 1 aromatic heterocycles. The minimum Gasteiger partial charge on any atom is -0.477 e. The minimum atomic E-state index is -1.44. The van der Waals surface area contributed by atoms with Gasteiger partial charge in [-0.15, -0.1) is 0 Å². The molecular formula is C16H22N2O7. The number of anilines is 1. The van der Waals surface area contributed by atoms with Crippen molar-refractivity contribution in [3.05, 3.63) is 28.0 Å². The van der Waals surface area contributed by atoms with Gasteiger partial charge < -0.3 is 19.6 Å². The first-order valence-corrected chi connectivity index (χ1v) is 7.43. The van der Waals surface area contributed by atoms with Crippen LogP contribution in [0.1, 0.15) is 51.9 Å². The molecule has 1 aromatic rings. The number of aromatic amines is 1. The highest BCUT2D eigenvalue weighted by atomic mass is 16.6. The molecule has 0 spiro atoms. The Balaban J connectivity index is 3.34. The Labute approximate surface area is 144 Å². The number of aromatic carboxylic acids is 1. The van der Waals surface area contributed by atoms with Crippen molar-refractivity contribution in [1.82, 2.24) is 4.98 Å². The normalized spacial score (nSPS) is 11.6. The van der Waals surface area contributed by atoms with Gasteiger partial charge in [0.05, 0.1) is 0 Å². The van der Waals surface area contributed by atoms with E-state index in [1.807, 2.05) is 0 Å². The maximum Gasteiger partial charge on any atom is 0.425 e. The largest absolute Gasteiger partial charge is 0.477 e. The van der Waals surface area contributed by atoms with Crippen LogP contribution in [0.4, 0.5) is 15.4 Å². The first-order valence-electron chi connectivity index (χ1n) is 7.43. The molecule has 9 nitrogen and oxygen atoms in total. The van der Waals surface area contributed by atoms with Crippen molar-refractivity contribution >= 4 is 24.0 Å². The summed E-state index contributed by atoms with van der Waals surface area (Å²) in [6, 6.07) is 0.817. The number of hydrogen-bond donors (Lipinski definition) is 2. The standard InChI is InChI=1S/C16H22N2O7/c1-15(2,3)24-13(22)18(14(23)25-16(4,5)6)11-7-10(19)9(8-17-11)12(20)21/h7-8H,1-6H3,(H,17,19)(H,20,21). The van der Waals surface area contributed by atoms with E-state index >= 15 is 0 Å². The Morgan fingerprint density at radius 1 is 1.00 bits per heavy atom. The van der Waals surface area contributed by atoms with Crippen molar-refractivity contribution in [3.8, 4) is 0 Å². The van der Waals surface area contributed by atoms with Crippen molar-refractivity contribution < 1.29 is 29.0 Å². The Kier molecular flexibility index (Phi) is 5.62. The first-order chi connectivity index (χ1) is 11.2. The molecule has 0 aliphatic rings. The van der Waals surface area contributed by atoms with E-state index in [1.165, 1.54) is 0 Å². The molecule has 0 unspecified atom stereocenters. The fourth-order valence-corrected chi connectivity index (χ4v) is 1.64. The molecule has 0 saturated carbocycles. The van der Waals surface area contributed by atoms with Gasteiger partial charge in [0.1, 0.15) is 22.6 Å². The summed E-state index contributed by atoms with van der Waals surface area (Å²) in [5.74, 6) is -1.70. The van der Waals surface area contributed by atoms with Crippen molar-refractivity contribution in [1.29, 1.82) is 0 Å². The number of carbonyl (C=O) groups is 3. The third-order valence-electron chi connectivity index (χ3n) is 2.52. The Morgan fingerprint density at radius 2 is 1.44 bits per heavy atom. The summed E-state index contributed by atoms with van der Waals surface area (Å²) in [6.07, 6.45) is -1.25. The Bertz CT molecular complexity index is 710. The van der Waals surface area contributed by atoms with Crippen LogP contribution in [0.2, 0.25) is 0 Å². The number of rotatable bonds is 2. The molecule has 9 heteroatoms. The van der Waals surface area contributed by atoms with E-state index < -0.39 is 40.4 Å². The average molecular weight is 354 g/mol. The highest BCUT2D eigenvalue weighted by molar-refractivity contribution is 6.08. The van der Waals surface area contributed by atoms with Crippen molar-refractivity contribution in [3.63, 3.8) is 0 Å². The van der Waals surface area contributed by atoms with E-state index in [4.69, 9.17) is 14.6 Å². The zero-order chi connectivity index (χ0) is 19.6. The Hall–Kier alpha value is -2.84. The molecule has 0 aliphatic heterocycles. The molecule has 1 rings (SSSR count). The van der Waals surface area contributed by atoms with Gasteiger partial charge >= 0.3 is 18.2 Å². The van der Waals surface area contributed by atoms with Crippen LogP contribution >= 0.6 is 0 Å². The zero-order valence-corrected chi connectivity index (χ0v) is 15.0. The van der Waals surface area contributed by atoms with Gasteiger partial charge in [-0.1, -0.05) is 0 Å². The predicted octanol–water partition coefficient (Wildman–Crippen LogP) is 2.75. The first kappa shape index (κ1) is 20.2. The number of amides is 2. The van der Waals surface area contributed by atoms with Crippen LogP contribution in [0.25, 0.3) is 0 Å². The lowest BCUT2D eigenvalue weighted by molar-refractivity contribution is 0.0428. The number of imide groups is 1. The monoisotopic (exact) mass is 354 g/mol. The summed E-state index contributed by atoms with van der Waals surface area (Å²) in [4.78, 5) is 50.5. The summed E-state index contributed by atoms with van der Waals surface area (Å²) < 4.78 is 10.3. The SMILES string of the molecule is CC(C)(C)OC(=O)N(C(=O)OC(C)(C)C)c1cc(=O)c(C(=O)O)c[nH]1. The number of pyridine rings is 1. The highest BCUT2D eigenvalue weighted by Crippen LogP contribution is 2.19. The smallest absolute Gasteiger partial charge is 0.425 e. The lowest BCUT2D eigenvalue weighted by Crippen LogP contribution is -2.44. The maximum absolute atomic E-state index is 12.4. The van der Waals surface area contributed by atoms with Crippen LogP contribution in [0.5, 0.6) is 0 Å². The molecule has 2 amide bonds. The highest BCUT2D eigenvalue weighted by Gasteiger charge is 2.33. The van der Waals surface area contributed by atoms with Gasteiger partial charge in [0.25, 0.3) is 0 Å². The van der Waals surface area contributed by atoms with Crippen LogP contribution in [0.15, 0.2) is 17.1 Å². The van der Waals surface area contributed by atoms with E-state index in [9.17, 15) is 19.2 Å². The summed E-state index contributed by atoms with van der Waals surface area (Å²) >= 11 is 0. The molecule has 0 fully saturated rings. The summed E-state index contributed by atoms with van der Waals surface area (Å²) in [5, 5.41) is 8.90. The number of carboxylic acid groups (broad SMARTS) is 1. The van der Waals surface area contributed by atoms with Gasteiger partial charge in [0.2, 0.25) is 0 Å². The molecule has 0 bridgehead atoms. The van der Waals surface area contributed by atoms with Crippen LogP contribution in [-0.2, 0) is 9.47 Å². The Morgan fingerprint density at radius 3 is 1.76 bits per heavy atom. The van der Waals surface area contributed by atoms with Crippen molar-refractivity contribution in [2.24, 2.45) is 0 Å². The molecule has 0 radical (unpaired) electrons. The van der Waals surface area contributed by atoms with Crippen LogP contribution in [-0.4, -0.2) is 39.4 Å². The predicted molar refractivity (Wildman–Crippen MR) is 89.0 cm³/mol. The number of hydrogen-bond acceptors (Lipinski definition) is 6. The topological polar surface area (TPSA) is 126 Å². The molecule has 25 heavy (non-hydrogen) atoms. The number of nitrogens with one attached hydrogen (secondary N) is 1. The summed E-state index contributed by atoms with van der Waals surface area (Å²) in [7, 11) is 0. The molecule has 2 N–H and O–H groups in total. The van der Waals surface area contributed by atoms with Crippen molar-refractivity contribution in [2.75, 3.05) is 4.90 Å². The quantitative estimate of drug-likeness (QED) is 0.836. The van der Waals surface area contributed by atoms with Gasteiger partial charge in [-0.2, -0.15) is 4.90 Å².